The van der Waals surface area contributed by atoms with Crippen molar-refractivity contribution in [1.29, 1.82) is 0 Å². The number of imide groups is 1. The molecule has 0 saturated carbocycles. The van der Waals surface area contributed by atoms with E-state index in [2.05, 4.69) is 0 Å². The standard InChI is InChI=1S/C18H14ClNO2S/c1-12-6-2-3-8-14(12)11-20-17(21)16(23-18(20)22)10-13-7-4-5-9-15(13)19/h2-10H,11H2,1H3/b16-10-. The van der Waals surface area contributed by atoms with Crippen molar-refractivity contribution in [2.75, 3.05) is 0 Å². The Morgan fingerprint density at radius 2 is 1.78 bits per heavy atom. The van der Waals surface area contributed by atoms with Crippen LogP contribution in [-0.4, -0.2) is 16.0 Å². The van der Waals surface area contributed by atoms with Crippen LogP contribution in [0.4, 0.5) is 4.79 Å². The Balaban J connectivity index is 1.86. The van der Waals surface area contributed by atoms with Gasteiger partial charge in [-0.3, -0.25) is 14.5 Å². The molecule has 2 aromatic rings. The van der Waals surface area contributed by atoms with Gasteiger partial charge in [0.1, 0.15) is 0 Å². The van der Waals surface area contributed by atoms with Gasteiger partial charge < -0.3 is 0 Å². The molecule has 0 N–H and O–H groups in total. The lowest BCUT2D eigenvalue weighted by molar-refractivity contribution is -0.123. The molecule has 0 unspecified atom stereocenters. The predicted octanol–water partition coefficient (Wildman–Crippen LogP) is 4.88. The van der Waals surface area contributed by atoms with Crippen molar-refractivity contribution in [1.82, 2.24) is 4.90 Å². The maximum Gasteiger partial charge on any atom is 0.293 e. The third-order valence-electron chi connectivity index (χ3n) is 3.66. The van der Waals surface area contributed by atoms with E-state index in [0.717, 1.165) is 28.5 Å². The smallest absolute Gasteiger partial charge is 0.268 e. The molecule has 2 aromatic carbocycles. The van der Waals surface area contributed by atoms with Gasteiger partial charge in [-0.2, -0.15) is 0 Å². The zero-order valence-corrected chi connectivity index (χ0v) is 14.0. The summed E-state index contributed by atoms with van der Waals surface area (Å²) >= 11 is 7.06. The van der Waals surface area contributed by atoms with Gasteiger partial charge in [-0.25, -0.2) is 0 Å². The summed E-state index contributed by atoms with van der Waals surface area (Å²) in [6, 6.07) is 15.0. The van der Waals surface area contributed by atoms with Crippen molar-refractivity contribution < 1.29 is 9.59 Å². The van der Waals surface area contributed by atoms with Crippen LogP contribution in [0, 0.1) is 6.92 Å². The van der Waals surface area contributed by atoms with Gasteiger partial charge in [0.25, 0.3) is 11.1 Å². The van der Waals surface area contributed by atoms with Gasteiger partial charge in [-0.15, -0.1) is 0 Å². The van der Waals surface area contributed by atoms with Crippen LogP contribution in [0.15, 0.2) is 53.4 Å². The van der Waals surface area contributed by atoms with Crippen LogP contribution >= 0.6 is 23.4 Å². The molecule has 0 spiro atoms. The third-order valence-corrected chi connectivity index (χ3v) is 4.91. The Kier molecular flexibility index (Phi) is 4.55. The van der Waals surface area contributed by atoms with Crippen LogP contribution in [0.5, 0.6) is 0 Å². The van der Waals surface area contributed by atoms with Gasteiger partial charge in [0.15, 0.2) is 0 Å². The third kappa shape index (κ3) is 3.33. The number of halogens is 1. The van der Waals surface area contributed by atoms with Crippen molar-refractivity contribution in [3.8, 4) is 0 Å². The fraction of sp³-hybridized carbons (Fsp3) is 0.111. The minimum absolute atomic E-state index is 0.253. The first-order valence-electron chi connectivity index (χ1n) is 7.10. The molecule has 23 heavy (non-hydrogen) atoms. The summed E-state index contributed by atoms with van der Waals surface area (Å²) in [7, 11) is 0. The molecule has 0 radical (unpaired) electrons. The van der Waals surface area contributed by atoms with Gasteiger partial charge >= 0.3 is 0 Å². The Morgan fingerprint density at radius 1 is 1.09 bits per heavy atom. The first-order valence-corrected chi connectivity index (χ1v) is 8.30. The van der Waals surface area contributed by atoms with E-state index in [0.29, 0.717) is 9.93 Å². The fourth-order valence-corrected chi connectivity index (χ4v) is 3.35. The second-order valence-corrected chi connectivity index (χ2v) is 6.62. The molecule has 1 fully saturated rings. The van der Waals surface area contributed by atoms with E-state index in [1.54, 1.807) is 12.1 Å². The molecule has 0 bridgehead atoms. The van der Waals surface area contributed by atoms with Crippen LogP contribution in [0.1, 0.15) is 16.7 Å². The van der Waals surface area contributed by atoms with Crippen LogP contribution in [0.25, 0.3) is 6.08 Å². The van der Waals surface area contributed by atoms with E-state index >= 15 is 0 Å². The summed E-state index contributed by atoms with van der Waals surface area (Å²) in [6.45, 7) is 2.26. The molecule has 116 valence electrons. The summed E-state index contributed by atoms with van der Waals surface area (Å²) in [6.07, 6.45) is 1.67. The first kappa shape index (κ1) is 15.8. The van der Waals surface area contributed by atoms with Crippen LogP contribution in [0.2, 0.25) is 5.02 Å². The second kappa shape index (κ2) is 6.60. The van der Waals surface area contributed by atoms with Crippen LogP contribution < -0.4 is 0 Å². The van der Waals surface area contributed by atoms with E-state index in [9.17, 15) is 9.59 Å². The summed E-state index contributed by atoms with van der Waals surface area (Å²) < 4.78 is 0. The van der Waals surface area contributed by atoms with E-state index in [1.165, 1.54) is 4.90 Å². The molecule has 5 heteroatoms. The highest BCUT2D eigenvalue weighted by Crippen LogP contribution is 2.34. The molecule has 0 atom stereocenters. The Hall–Kier alpha value is -2.04. The van der Waals surface area contributed by atoms with E-state index in [-0.39, 0.29) is 17.7 Å². The number of carbonyl (C=O) groups is 2. The SMILES string of the molecule is Cc1ccccc1CN1C(=O)S/C(=C\c2ccccc2Cl)C1=O. The number of carbonyl (C=O) groups excluding carboxylic acids is 2. The Bertz CT molecular complexity index is 816. The lowest BCUT2D eigenvalue weighted by Crippen LogP contribution is -2.27. The lowest BCUT2D eigenvalue weighted by atomic mass is 10.1. The van der Waals surface area contributed by atoms with Crippen molar-refractivity contribution in [2.45, 2.75) is 13.5 Å². The van der Waals surface area contributed by atoms with Gasteiger partial charge in [0, 0.05) is 5.02 Å². The lowest BCUT2D eigenvalue weighted by Gasteiger charge is -2.14. The summed E-state index contributed by atoms with van der Waals surface area (Å²) in [5.41, 5.74) is 2.76. The van der Waals surface area contributed by atoms with Crippen LogP contribution in [0.3, 0.4) is 0 Å². The van der Waals surface area contributed by atoms with Crippen molar-refractivity contribution in [2.24, 2.45) is 0 Å². The average molecular weight is 344 g/mol. The topological polar surface area (TPSA) is 37.4 Å². The van der Waals surface area contributed by atoms with Crippen molar-refractivity contribution >= 4 is 40.6 Å². The number of hydrogen-bond acceptors (Lipinski definition) is 3. The van der Waals surface area contributed by atoms with Gasteiger partial charge in [-0.1, -0.05) is 54.1 Å². The van der Waals surface area contributed by atoms with E-state index < -0.39 is 0 Å². The molecule has 3 rings (SSSR count). The first-order chi connectivity index (χ1) is 11.1. The fourth-order valence-electron chi connectivity index (χ4n) is 2.33. The highest BCUT2D eigenvalue weighted by atomic mass is 35.5. The highest BCUT2D eigenvalue weighted by Gasteiger charge is 2.35. The normalized spacial score (nSPS) is 16.4. The van der Waals surface area contributed by atoms with Gasteiger partial charge in [-0.05, 0) is 47.5 Å². The molecule has 1 aliphatic heterocycles. The quantitative estimate of drug-likeness (QED) is 0.745. The van der Waals surface area contributed by atoms with Gasteiger partial charge in [0.2, 0.25) is 0 Å². The van der Waals surface area contributed by atoms with Crippen molar-refractivity contribution in [3.63, 3.8) is 0 Å². The minimum Gasteiger partial charge on any atom is -0.268 e. The molecule has 2 amide bonds. The molecule has 0 aliphatic carbocycles. The molecule has 1 aliphatic rings. The highest BCUT2D eigenvalue weighted by molar-refractivity contribution is 8.18. The maximum atomic E-state index is 12.5. The summed E-state index contributed by atoms with van der Waals surface area (Å²) in [5.74, 6) is -0.275. The molecule has 0 aromatic heterocycles. The zero-order valence-electron chi connectivity index (χ0n) is 12.5. The molecular formula is C18H14ClNO2S. The van der Waals surface area contributed by atoms with E-state index in [1.807, 2.05) is 49.4 Å². The molecule has 1 heterocycles. The second-order valence-electron chi connectivity index (χ2n) is 5.22. The molecule has 1 saturated heterocycles. The molecular weight excluding hydrogens is 330 g/mol. The maximum absolute atomic E-state index is 12.5. The van der Waals surface area contributed by atoms with Crippen molar-refractivity contribution in [3.05, 3.63) is 75.1 Å². The largest absolute Gasteiger partial charge is 0.293 e. The monoisotopic (exact) mass is 343 g/mol. The number of amides is 2. The van der Waals surface area contributed by atoms with E-state index in [4.69, 9.17) is 11.6 Å². The number of rotatable bonds is 3. The average Bonchev–Trinajstić information content (AvgIpc) is 2.79. The Labute approximate surface area is 143 Å². The predicted molar refractivity (Wildman–Crippen MR) is 94.1 cm³/mol. The Morgan fingerprint density at radius 3 is 2.52 bits per heavy atom. The number of hydrogen-bond donors (Lipinski definition) is 0. The summed E-state index contributed by atoms with van der Waals surface area (Å²) in [4.78, 5) is 26.4. The number of thioether (sulfide) groups is 1. The van der Waals surface area contributed by atoms with Gasteiger partial charge in [0.05, 0.1) is 11.4 Å². The van der Waals surface area contributed by atoms with Crippen LogP contribution in [-0.2, 0) is 11.3 Å². The molecule has 3 nitrogen and oxygen atoms in total. The minimum atomic E-state index is -0.275. The zero-order chi connectivity index (χ0) is 16.4. The summed E-state index contributed by atoms with van der Waals surface area (Å²) in [5, 5.41) is 0.301. The number of aryl methyl sites for hydroxylation is 1. The number of benzene rings is 2. The number of nitrogens with zero attached hydrogens (tertiary/aromatic N) is 1.